The highest BCUT2D eigenvalue weighted by molar-refractivity contribution is 5.25. The molecule has 58 valence electrons. The summed E-state index contributed by atoms with van der Waals surface area (Å²) in [5.41, 5.74) is -1.20. The van der Waals surface area contributed by atoms with Crippen LogP contribution in [0.2, 0.25) is 0 Å². The van der Waals surface area contributed by atoms with Crippen LogP contribution in [0.4, 0.5) is 5.69 Å². The number of rotatable bonds is 1. The molecule has 0 fully saturated rings. The topological polar surface area (TPSA) is 88.2 Å². The van der Waals surface area contributed by atoms with Gasteiger partial charge in [-0.3, -0.25) is 14.9 Å². The molecule has 0 atom stereocenters. The van der Waals surface area contributed by atoms with Crippen molar-refractivity contribution in [3.63, 3.8) is 0 Å². The third-order valence-corrected chi connectivity index (χ3v) is 1.07. The van der Waals surface area contributed by atoms with Crippen LogP contribution in [0, 0.1) is 15.3 Å². The van der Waals surface area contributed by atoms with E-state index >= 15 is 0 Å². The summed E-state index contributed by atoms with van der Waals surface area (Å²) in [5, 5.41) is 20.5. The quantitative estimate of drug-likeness (QED) is 0.425. The summed E-state index contributed by atoms with van der Waals surface area (Å²) in [7, 11) is 0. The van der Waals surface area contributed by atoms with Gasteiger partial charge in [-0.25, -0.2) is 0 Å². The largest absolute Gasteiger partial charge is 0.803 e. The van der Waals surface area contributed by atoms with Gasteiger partial charge in [0.05, 0.1) is 11.1 Å². The van der Waals surface area contributed by atoms with Crippen molar-refractivity contribution in [3.05, 3.63) is 44.0 Å². The maximum absolute atomic E-state index is 10.4. The van der Waals surface area contributed by atoms with Crippen LogP contribution in [-0.2, 0) is 0 Å². The van der Waals surface area contributed by atoms with Gasteiger partial charge in [-0.2, -0.15) is 0 Å². The van der Waals surface area contributed by atoms with Gasteiger partial charge < -0.3 is 9.94 Å². The SMILES string of the molecule is O=c1ccc([N+](=O)[O-])cn1[O-]. The maximum Gasteiger partial charge on any atom is 0.285 e. The first-order valence-corrected chi connectivity index (χ1v) is 2.66. The Morgan fingerprint density at radius 1 is 1.45 bits per heavy atom. The summed E-state index contributed by atoms with van der Waals surface area (Å²) in [6.45, 7) is 0. The lowest BCUT2D eigenvalue weighted by molar-refractivity contribution is -0.385. The zero-order valence-corrected chi connectivity index (χ0v) is 5.26. The third kappa shape index (κ3) is 1.34. The Kier molecular flexibility index (Phi) is 1.59. The Labute approximate surface area is 60.4 Å². The first-order chi connectivity index (χ1) is 5.11. The molecule has 0 aliphatic rings. The van der Waals surface area contributed by atoms with Crippen molar-refractivity contribution < 1.29 is 4.92 Å². The van der Waals surface area contributed by atoms with E-state index in [-0.39, 0.29) is 10.4 Å². The average Bonchev–Trinajstić information content (AvgIpc) is 1.94. The third-order valence-electron chi connectivity index (χ3n) is 1.07. The smallest absolute Gasteiger partial charge is 0.285 e. The van der Waals surface area contributed by atoms with Crippen molar-refractivity contribution in [1.82, 2.24) is 4.73 Å². The van der Waals surface area contributed by atoms with Gasteiger partial charge in [0.2, 0.25) is 5.56 Å². The van der Waals surface area contributed by atoms with E-state index in [2.05, 4.69) is 0 Å². The number of nitrogens with zero attached hydrogens (tertiary/aromatic N) is 2. The van der Waals surface area contributed by atoms with Gasteiger partial charge in [0.25, 0.3) is 5.69 Å². The summed E-state index contributed by atoms with van der Waals surface area (Å²) in [4.78, 5) is 19.7. The predicted molar refractivity (Wildman–Crippen MR) is 36.1 cm³/mol. The molecule has 11 heavy (non-hydrogen) atoms. The van der Waals surface area contributed by atoms with Gasteiger partial charge in [0.1, 0.15) is 0 Å². The molecule has 1 heterocycles. The zero-order valence-electron chi connectivity index (χ0n) is 5.26. The lowest BCUT2D eigenvalue weighted by atomic mass is 10.4. The van der Waals surface area contributed by atoms with Gasteiger partial charge in [0, 0.05) is 12.1 Å². The summed E-state index contributed by atoms with van der Waals surface area (Å²) in [6, 6.07) is 1.84. The molecular formula is C5H3N2O4-. The molecule has 0 aliphatic carbocycles. The lowest BCUT2D eigenvalue weighted by Gasteiger charge is -2.05. The Bertz CT molecular complexity index is 343. The Morgan fingerprint density at radius 3 is 2.55 bits per heavy atom. The van der Waals surface area contributed by atoms with Crippen LogP contribution in [0.1, 0.15) is 0 Å². The Hall–Kier alpha value is -1.85. The Morgan fingerprint density at radius 2 is 2.09 bits per heavy atom. The van der Waals surface area contributed by atoms with E-state index < -0.39 is 10.5 Å². The monoisotopic (exact) mass is 155 g/mol. The van der Waals surface area contributed by atoms with E-state index in [0.29, 0.717) is 6.20 Å². The van der Waals surface area contributed by atoms with Gasteiger partial charge >= 0.3 is 0 Å². The van der Waals surface area contributed by atoms with Gasteiger partial charge in [-0.1, -0.05) is 0 Å². The highest BCUT2D eigenvalue weighted by Gasteiger charge is 2.02. The van der Waals surface area contributed by atoms with Gasteiger partial charge in [-0.05, 0) is 0 Å². The first kappa shape index (κ1) is 7.26. The fourth-order valence-electron chi connectivity index (χ4n) is 0.565. The van der Waals surface area contributed by atoms with Crippen LogP contribution in [0.5, 0.6) is 0 Å². The number of hydrogen-bond acceptors (Lipinski definition) is 4. The molecule has 0 amide bonds. The summed E-state index contributed by atoms with van der Waals surface area (Å²) in [6.07, 6.45) is 0.627. The van der Waals surface area contributed by atoms with Gasteiger partial charge in [-0.15, -0.1) is 0 Å². The molecule has 0 aromatic carbocycles. The van der Waals surface area contributed by atoms with Crippen LogP contribution in [0.25, 0.3) is 0 Å². The summed E-state index contributed by atoms with van der Waals surface area (Å²) >= 11 is 0. The lowest BCUT2D eigenvalue weighted by Crippen LogP contribution is -2.13. The second-order valence-electron chi connectivity index (χ2n) is 1.81. The van der Waals surface area contributed by atoms with Crippen LogP contribution < -0.4 is 5.56 Å². The van der Waals surface area contributed by atoms with Crippen LogP contribution in [0.15, 0.2) is 23.1 Å². The fourth-order valence-corrected chi connectivity index (χ4v) is 0.565. The number of pyridine rings is 1. The zero-order chi connectivity index (χ0) is 8.43. The van der Waals surface area contributed by atoms with Crippen molar-refractivity contribution in [2.24, 2.45) is 0 Å². The molecule has 0 aliphatic heterocycles. The Balaban J connectivity index is 3.26. The minimum atomic E-state index is -0.810. The van der Waals surface area contributed by atoms with Crippen molar-refractivity contribution in [2.45, 2.75) is 0 Å². The summed E-state index contributed by atoms with van der Waals surface area (Å²) < 4.78 is -0.0852. The maximum atomic E-state index is 10.4. The standard InChI is InChI=1S/C5H3N2O4/c8-5-2-1-4(7(10)11)3-6(5)9/h1-3H/q-1. The highest BCUT2D eigenvalue weighted by atomic mass is 16.6. The van der Waals surface area contributed by atoms with E-state index in [0.717, 1.165) is 12.1 Å². The molecule has 1 aromatic heterocycles. The highest BCUT2D eigenvalue weighted by Crippen LogP contribution is 2.04. The molecule has 0 bridgehead atoms. The van der Waals surface area contributed by atoms with Crippen molar-refractivity contribution in [3.8, 4) is 0 Å². The molecule has 0 unspecified atom stereocenters. The average molecular weight is 155 g/mol. The number of hydrogen-bond donors (Lipinski definition) is 0. The van der Waals surface area contributed by atoms with Crippen LogP contribution in [-0.4, -0.2) is 9.65 Å². The second-order valence-corrected chi connectivity index (χ2v) is 1.81. The van der Waals surface area contributed by atoms with E-state index in [1.54, 1.807) is 0 Å². The molecule has 0 radical (unpaired) electrons. The van der Waals surface area contributed by atoms with E-state index in [4.69, 9.17) is 0 Å². The van der Waals surface area contributed by atoms with E-state index in [1.165, 1.54) is 0 Å². The van der Waals surface area contributed by atoms with Gasteiger partial charge in [0.15, 0.2) is 0 Å². The predicted octanol–water partition coefficient (Wildman–Crippen LogP) is 0.102. The fraction of sp³-hybridized carbons (Fsp3) is 0. The minimum Gasteiger partial charge on any atom is -0.803 e. The second kappa shape index (κ2) is 2.41. The molecule has 0 saturated carbocycles. The number of nitro groups is 1. The molecule has 6 heteroatoms. The summed E-state index contributed by atoms with van der Waals surface area (Å²) in [5.74, 6) is 0. The van der Waals surface area contributed by atoms with Crippen LogP contribution >= 0.6 is 0 Å². The molecular weight excluding hydrogens is 152 g/mol. The van der Waals surface area contributed by atoms with Crippen LogP contribution in [0.3, 0.4) is 0 Å². The van der Waals surface area contributed by atoms with Crippen molar-refractivity contribution in [2.75, 3.05) is 0 Å². The molecule has 0 saturated heterocycles. The molecule has 0 spiro atoms. The minimum absolute atomic E-state index is 0.0852. The van der Waals surface area contributed by atoms with Crippen molar-refractivity contribution in [1.29, 1.82) is 0 Å². The molecule has 0 N–H and O–H groups in total. The first-order valence-electron chi connectivity index (χ1n) is 2.66. The van der Waals surface area contributed by atoms with E-state index in [1.807, 2.05) is 0 Å². The molecule has 1 aromatic rings. The molecule has 6 nitrogen and oxygen atoms in total. The number of aromatic nitrogens is 1. The molecule has 1 rings (SSSR count). The van der Waals surface area contributed by atoms with E-state index in [9.17, 15) is 20.1 Å². The normalized spacial score (nSPS) is 9.45. The van der Waals surface area contributed by atoms with Crippen molar-refractivity contribution >= 4 is 5.69 Å².